The zero-order valence-electron chi connectivity index (χ0n) is 19.4. The molecule has 1 aromatic heterocycles. The first-order valence-corrected chi connectivity index (χ1v) is 11.6. The number of nitrogens with zero attached hydrogens (tertiary/aromatic N) is 4. The molecular formula is C27H29N5O2. The van der Waals surface area contributed by atoms with Crippen molar-refractivity contribution in [3.05, 3.63) is 84.7 Å². The van der Waals surface area contributed by atoms with Gasteiger partial charge < -0.3 is 19.5 Å². The number of para-hydroxylation sites is 3. The molecule has 34 heavy (non-hydrogen) atoms. The molecule has 1 amide bonds. The van der Waals surface area contributed by atoms with Crippen LogP contribution >= 0.6 is 0 Å². The van der Waals surface area contributed by atoms with Gasteiger partial charge in [0.15, 0.2) is 6.61 Å². The third-order valence-corrected chi connectivity index (χ3v) is 6.25. The Morgan fingerprint density at radius 3 is 2.35 bits per heavy atom. The van der Waals surface area contributed by atoms with Gasteiger partial charge in [-0.25, -0.2) is 4.98 Å². The van der Waals surface area contributed by atoms with Crippen LogP contribution in [0.25, 0.3) is 11.0 Å². The summed E-state index contributed by atoms with van der Waals surface area (Å²) in [5, 5.41) is 2.89. The number of piperazine rings is 1. The smallest absolute Gasteiger partial charge is 0.262 e. The van der Waals surface area contributed by atoms with Gasteiger partial charge in [0.05, 0.1) is 17.6 Å². The van der Waals surface area contributed by atoms with Crippen LogP contribution in [-0.4, -0.2) is 53.1 Å². The molecule has 1 aliphatic rings. The summed E-state index contributed by atoms with van der Waals surface area (Å²) in [5.74, 6) is 1.61. The van der Waals surface area contributed by atoms with Crippen LogP contribution in [0.5, 0.6) is 5.75 Å². The molecule has 4 aromatic rings. The summed E-state index contributed by atoms with van der Waals surface area (Å²) in [5.41, 5.74) is 4.17. The molecule has 0 spiro atoms. The number of aryl methyl sites for hydroxylation is 1. The van der Waals surface area contributed by atoms with Crippen LogP contribution in [0, 0.1) is 0 Å². The number of rotatable bonds is 7. The summed E-state index contributed by atoms with van der Waals surface area (Å²) in [7, 11) is 2.09. The maximum absolute atomic E-state index is 12.2. The number of hydrogen-bond acceptors (Lipinski definition) is 5. The second-order valence-electron chi connectivity index (χ2n) is 8.54. The van der Waals surface area contributed by atoms with Crippen LogP contribution in [0.1, 0.15) is 5.82 Å². The van der Waals surface area contributed by atoms with Crippen molar-refractivity contribution in [3.63, 3.8) is 0 Å². The van der Waals surface area contributed by atoms with E-state index in [1.807, 2.05) is 48.5 Å². The molecule has 2 heterocycles. The van der Waals surface area contributed by atoms with Gasteiger partial charge in [-0.1, -0.05) is 30.3 Å². The number of aromatic nitrogens is 2. The lowest BCUT2D eigenvalue weighted by Crippen LogP contribution is -2.46. The zero-order chi connectivity index (χ0) is 23.3. The zero-order valence-corrected chi connectivity index (χ0v) is 19.4. The lowest BCUT2D eigenvalue weighted by molar-refractivity contribution is -0.118. The van der Waals surface area contributed by atoms with E-state index in [-0.39, 0.29) is 12.5 Å². The van der Waals surface area contributed by atoms with Gasteiger partial charge in [-0.2, -0.15) is 0 Å². The highest BCUT2D eigenvalue weighted by Crippen LogP contribution is 2.21. The first-order valence-electron chi connectivity index (χ1n) is 11.6. The second-order valence-corrected chi connectivity index (χ2v) is 8.54. The molecule has 3 aromatic carbocycles. The monoisotopic (exact) mass is 455 g/mol. The minimum Gasteiger partial charge on any atom is -0.484 e. The Balaban J connectivity index is 1.11. The molecule has 5 rings (SSSR count). The van der Waals surface area contributed by atoms with Crippen molar-refractivity contribution in [3.8, 4) is 5.75 Å². The van der Waals surface area contributed by atoms with E-state index in [1.54, 1.807) is 0 Å². The molecule has 0 saturated carbocycles. The van der Waals surface area contributed by atoms with Crippen LogP contribution < -0.4 is 15.0 Å². The number of nitrogens with one attached hydrogen (secondary N) is 1. The molecular weight excluding hydrogens is 426 g/mol. The Morgan fingerprint density at radius 1 is 0.912 bits per heavy atom. The lowest BCUT2D eigenvalue weighted by Gasteiger charge is -2.36. The molecule has 0 radical (unpaired) electrons. The first-order chi connectivity index (χ1) is 16.7. The normalized spacial score (nSPS) is 14.3. The number of hydrogen-bond donors (Lipinski definition) is 1. The van der Waals surface area contributed by atoms with E-state index in [1.165, 1.54) is 11.2 Å². The predicted octanol–water partition coefficient (Wildman–Crippen LogP) is 3.91. The Labute approximate surface area is 199 Å². The van der Waals surface area contributed by atoms with Crippen LogP contribution in [0.4, 0.5) is 11.4 Å². The molecule has 7 nitrogen and oxygen atoms in total. The van der Waals surface area contributed by atoms with Crippen molar-refractivity contribution in [2.45, 2.75) is 6.54 Å². The predicted molar refractivity (Wildman–Crippen MR) is 135 cm³/mol. The topological polar surface area (TPSA) is 62.6 Å². The van der Waals surface area contributed by atoms with E-state index in [2.05, 4.69) is 57.1 Å². The van der Waals surface area contributed by atoms with Gasteiger partial charge in [0.2, 0.25) is 0 Å². The van der Waals surface area contributed by atoms with Crippen molar-refractivity contribution >= 4 is 28.3 Å². The van der Waals surface area contributed by atoms with E-state index in [9.17, 15) is 4.79 Å². The Bertz CT molecular complexity index is 1250. The number of fused-ring (bicyclic) bond motifs is 1. The van der Waals surface area contributed by atoms with Crippen LogP contribution in [0.2, 0.25) is 0 Å². The number of imidazole rings is 1. The van der Waals surface area contributed by atoms with Gasteiger partial charge in [0.25, 0.3) is 5.91 Å². The maximum Gasteiger partial charge on any atom is 0.262 e. The van der Waals surface area contributed by atoms with E-state index in [4.69, 9.17) is 9.72 Å². The molecule has 7 heteroatoms. The number of amides is 1. The first kappa shape index (κ1) is 22.0. The van der Waals surface area contributed by atoms with Gasteiger partial charge in [0.1, 0.15) is 11.6 Å². The number of ether oxygens (including phenoxy) is 1. The van der Waals surface area contributed by atoms with Crippen LogP contribution in [0.15, 0.2) is 78.9 Å². The van der Waals surface area contributed by atoms with Crippen LogP contribution in [0.3, 0.4) is 0 Å². The van der Waals surface area contributed by atoms with E-state index in [0.29, 0.717) is 5.75 Å². The number of carbonyl (C=O) groups excluding carboxylic acids is 1. The lowest BCUT2D eigenvalue weighted by atomic mass is 10.2. The summed E-state index contributed by atoms with van der Waals surface area (Å²) in [6, 6.07) is 25.6. The van der Waals surface area contributed by atoms with E-state index < -0.39 is 0 Å². The fourth-order valence-electron chi connectivity index (χ4n) is 4.32. The molecule has 1 fully saturated rings. The molecule has 174 valence electrons. The van der Waals surface area contributed by atoms with Crippen molar-refractivity contribution in [2.24, 2.45) is 7.05 Å². The molecule has 1 aliphatic heterocycles. The van der Waals surface area contributed by atoms with Crippen LogP contribution in [-0.2, 0) is 18.4 Å². The average molecular weight is 456 g/mol. The van der Waals surface area contributed by atoms with Gasteiger partial charge in [-0.3, -0.25) is 9.69 Å². The number of benzene rings is 3. The van der Waals surface area contributed by atoms with Crippen molar-refractivity contribution in [1.29, 1.82) is 0 Å². The highest BCUT2D eigenvalue weighted by Gasteiger charge is 2.19. The molecule has 0 bridgehead atoms. The summed E-state index contributed by atoms with van der Waals surface area (Å²) in [4.78, 5) is 21.8. The van der Waals surface area contributed by atoms with Gasteiger partial charge in [-0.15, -0.1) is 0 Å². The number of carbonyl (C=O) groups is 1. The van der Waals surface area contributed by atoms with E-state index >= 15 is 0 Å². The minimum atomic E-state index is -0.174. The third-order valence-electron chi connectivity index (χ3n) is 6.25. The summed E-state index contributed by atoms with van der Waals surface area (Å²) in [6.07, 6.45) is 0. The maximum atomic E-state index is 12.2. The fraction of sp³-hybridized carbons (Fsp3) is 0.259. The summed E-state index contributed by atoms with van der Waals surface area (Å²) < 4.78 is 7.70. The van der Waals surface area contributed by atoms with Gasteiger partial charge in [-0.05, 0) is 48.5 Å². The fourth-order valence-corrected chi connectivity index (χ4v) is 4.32. The second kappa shape index (κ2) is 9.97. The molecule has 0 unspecified atom stereocenters. The average Bonchev–Trinajstić information content (AvgIpc) is 3.19. The van der Waals surface area contributed by atoms with Gasteiger partial charge in [0, 0.05) is 44.6 Å². The Hall–Kier alpha value is -3.84. The highest BCUT2D eigenvalue weighted by molar-refractivity contribution is 5.92. The van der Waals surface area contributed by atoms with Gasteiger partial charge >= 0.3 is 0 Å². The van der Waals surface area contributed by atoms with E-state index in [0.717, 1.165) is 49.8 Å². The molecule has 0 aliphatic carbocycles. The molecule has 1 saturated heterocycles. The van der Waals surface area contributed by atoms with Crippen molar-refractivity contribution in [1.82, 2.24) is 14.5 Å². The summed E-state index contributed by atoms with van der Waals surface area (Å²) in [6.45, 7) is 4.73. The molecule has 0 atom stereocenters. The minimum absolute atomic E-state index is 0.0146. The SMILES string of the molecule is Cn1c(CN2CCN(c3ccc(NC(=O)COc4ccccc4)cc3)CC2)nc2ccccc21. The Kier molecular flexibility index (Phi) is 6.44. The largest absolute Gasteiger partial charge is 0.484 e. The highest BCUT2D eigenvalue weighted by atomic mass is 16.5. The quantitative estimate of drug-likeness (QED) is 0.458. The summed E-state index contributed by atoms with van der Waals surface area (Å²) >= 11 is 0. The van der Waals surface area contributed by atoms with Crippen molar-refractivity contribution in [2.75, 3.05) is 43.0 Å². The number of anilines is 2. The molecule has 1 N–H and O–H groups in total. The Morgan fingerprint density at radius 2 is 1.62 bits per heavy atom. The van der Waals surface area contributed by atoms with Crippen molar-refractivity contribution < 1.29 is 9.53 Å². The third kappa shape index (κ3) is 5.05. The standard InChI is InChI=1S/C27H29N5O2/c1-30-25-10-6-5-9-24(25)29-26(30)19-31-15-17-32(18-16-31)22-13-11-21(12-14-22)28-27(33)20-34-23-7-3-2-4-8-23/h2-14H,15-20H2,1H3,(H,28,33).